The van der Waals surface area contributed by atoms with Crippen molar-refractivity contribution >= 4 is 15.8 Å². The quantitative estimate of drug-likeness (QED) is 0.788. The van der Waals surface area contributed by atoms with E-state index in [0.29, 0.717) is 6.54 Å². The minimum atomic E-state index is -3.76. The van der Waals surface area contributed by atoms with E-state index in [-0.39, 0.29) is 10.7 Å². The second-order valence-electron chi connectivity index (χ2n) is 4.52. The molecule has 0 unspecified atom stereocenters. The molecule has 1 aromatic carbocycles. The molecular weight excluding hydrogens is 283 g/mol. The van der Waals surface area contributed by atoms with Crippen LogP contribution >= 0.6 is 0 Å². The Morgan fingerprint density at radius 1 is 1.25 bits per heavy atom. The maximum Gasteiger partial charge on any atom is 0.263 e. The number of nitrogens with zero attached hydrogens (tertiary/aromatic N) is 1. The number of benzene rings is 1. The molecule has 0 bridgehead atoms. The lowest BCUT2D eigenvalue weighted by Crippen LogP contribution is -2.24. The van der Waals surface area contributed by atoms with Crippen molar-refractivity contribution in [1.29, 1.82) is 0 Å². The fraction of sp³-hybridized carbons (Fsp3) is 0.250. The first-order valence-corrected chi connectivity index (χ1v) is 7.60. The lowest BCUT2D eigenvalue weighted by atomic mass is 10.1. The molecular formula is C12H13FN4O2S. The van der Waals surface area contributed by atoms with Crippen molar-refractivity contribution in [2.24, 2.45) is 0 Å². The summed E-state index contributed by atoms with van der Waals surface area (Å²) in [5, 5.41) is 9.99. The Bertz CT molecular complexity index is 724. The van der Waals surface area contributed by atoms with Gasteiger partial charge in [0, 0.05) is 30.8 Å². The van der Waals surface area contributed by atoms with Crippen LogP contribution in [-0.4, -0.2) is 25.2 Å². The second-order valence-corrected chi connectivity index (χ2v) is 6.20. The first-order chi connectivity index (χ1) is 9.56. The van der Waals surface area contributed by atoms with E-state index < -0.39 is 15.8 Å². The van der Waals surface area contributed by atoms with Crippen LogP contribution in [0.1, 0.15) is 11.3 Å². The average molecular weight is 296 g/mol. The molecule has 0 fully saturated rings. The van der Waals surface area contributed by atoms with E-state index in [4.69, 9.17) is 0 Å². The van der Waals surface area contributed by atoms with Crippen molar-refractivity contribution in [2.75, 3.05) is 11.3 Å². The lowest BCUT2D eigenvalue weighted by molar-refractivity contribution is 0.599. The molecule has 1 aromatic heterocycles. The molecule has 1 aliphatic rings. The van der Waals surface area contributed by atoms with Gasteiger partial charge in [0.15, 0.2) is 5.82 Å². The molecule has 3 N–H and O–H groups in total. The van der Waals surface area contributed by atoms with Gasteiger partial charge in [-0.15, -0.1) is 0 Å². The SMILES string of the molecule is O=S(=O)(Nc1n[nH]c2c1CNCC2)c1ccc(F)cc1. The zero-order valence-electron chi connectivity index (χ0n) is 10.5. The van der Waals surface area contributed by atoms with Gasteiger partial charge in [0.25, 0.3) is 10.0 Å². The molecule has 0 amide bonds. The summed E-state index contributed by atoms with van der Waals surface area (Å²) in [4.78, 5) is -0.000538. The molecule has 106 valence electrons. The Morgan fingerprint density at radius 2 is 2.00 bits per heavy atom. The third-order valence-corrected chi connectivity index (χ3v) is 4.52. The second kappa shape index (κ2) is 4.88. The summed E-state index contributed by atoms with van der Waals surface area (Å²) in [6.45, 7) is 1.40. The number of aromatic amines is 1. The zero-order valence-corrected chi connectivity index (χ0v) is 11.3. The number of halogens is 1. The normalized spacial score (nSPS) is 14.8. The molecule has 2 heterocycles. The zero-order chi connectivity index (χ0) is 14.2. The van der Waals surface area contributed by atoms with Crippen molar-refractivity contribution in [2.45, 2.75) is 17.9 Å². The third-order valence-electron chi connectivity index (χ3n) is 3.16. The summed E-state index contributed by atoms with van der Waals surface area (Å²) >= 11 is 0. The Kier molecular flexibility index (Phi) is 3.19. The van der Waals surface area contributed by atoms with Gasteiger partial charge in [-0.25, -0.2) is 12.8 Å². The molecule has 2 aromatic rings. The number of rotatable bonds is 3. The van der Waals surface area contributed by atoms with Gasteiger partial charge in [0.2, 0.25) is 0 Å². The fourth-order valence-corrected chi connectivity index (χ4v) is 3.15. The molecule has 0 atom stereocenters. The van der Waals surface area contributed by atoms with E-state index in [0.717, 1.165) is 36.4 Å². The van der Waals surface area contributed by atoms with Crippen LogP contribution in [-0.2, 0) is 23.0 Å². The number of anilines is 1. The maximum absolute atomic E-state index is 12.8. The number of sulfonamides is 1. The molecule has 0 spiro atoms. The Hall–Kier alpha value is -1.93. The summed E-state index contributed by atoms with van der Waals surface area (Å²) in [5.74, 6) is -0.193. The maximum atomic E-state index is 12.8. The van der Waals surface area contributed by atoms with Crippen LogP contribution in [0.25, 0.3) is 0 Å². The van der Waals surface area contributed by atoms with E-state index in [9.17, 15) is 12.8 Å². The van der Waals surface area contributed by atoms with Gasteiger partial charge in [-0.05, 0) is 24.3 Å². The first-order valence-electron chi connectivity index (χ1n) is 6.11. The van der Waals surface area contributed by atoms with Gasteiger partial charge in [-0.2, -0.15) is 5.10 Å². The van der Waals surface area contributed by atoms with Gasteiger partial charge < -0.3 is 5.32 Å². The summed E-state index contributed by atoms with van der Waals surface area (Å²) < 4.78 is 39.6. The van der Waals surface area contributed by atoms with Crippen molar-refractivity contribution < 1.29 is 12.8 Å². The molecule has 3 rings (SSSR count). The fourth-order valence-electron chi connectivity index (χ4n) is 2.11. The number of aromatic nitrogens is 2. The molecule has 6 nitrogen and oxygen atoms in total. The van der Waals surface area contributed by atoms with Crippen molar-refractivity contribution in [3.8, 4) is 0 Å². The van der Waals surface area contributed by atoms with Crippen LogP contribution < -0.4 is 10.0 Å². The number of hydrogen-bond acceptors (Lipinski definition) is 4. The summed E-state index contributed by atoms with van der Waals surface area (Å²) in [6.07, 6.45) is 0.778. The summed E-state index contributed by atoms with van der Waals surface area (Å²) in [5.41, 5.74) is 1.75. The number of fused-ring (bicyclic) bond motifs is 1. The van der Waals surface area contributed by atoms with Crippen LogP contribution in [0.2, 0.25) is 0 Å². The van der Waals surface area contributed by atoms with E-state index in [1.54, 1.807) is 0 Å². The number of nitrogens with one attached hydrogen (secondary N) is 3. The first kappa shape index (κ1) is 13.1. The predicted molar refractivity (Wildman–Crippen MR) is 71.2 cm³/mol. The van der Waals surface area contributed by atoms with Gasteiger partial charge >= 0.3 is 0 Å². The average Bonchev–Trinajstić information content (AvgIpc) is 2.82. The molecule has 0 radical (unpaired) electrons. The van der Waals surface area contributed by atoms with Gasteiger partial charge in [0.05, 0.1) is 4.90 Å². The molecule has 0 saturated carbocycles. The van der Waals surface area contributed by atoms with Crippen LogP contribution in [0.4, 0.5) is 10.2 Å². The molecule has 20 heavy (non-hydrogen) atoms. The third kappa shape index (κ3) is 2.39. The monoisotopic (exact) mass is 296 g/mol. The predicted octanol–water partition coefficient (Wildman–Crippen LogP) is 0.995. The number of hydrogen-bond donors (Lipinski definition) is 3. The van der Waals surface area contributed by atoms with Crippen molar-refractivity contribution in [1.82, 2.24) is 15.5 Å². The van der Waals surface area contributed by atoms with E-state index in [1.807, 2.05) is 0 Å². The van der Waals surface area contributed by atoms with Crippen LogP contribution in [0.5, 0.6) is 0 Å². The molecule has 0 saturated heterocycles. The summed E-state index contributed by atoms with van der Waals surface area (Å²) in [7, 11) is -3.76. The highest BCUT2D eigenvalue weighted by atomic mass is 32.2. The topological polar surface area (TPSA) is 86.9 Å². The Morgan fingerprint density at radius 3 is 2.75 bits per heavy atom. The van der Waals surface area contributed by atoms with E-state index in [1.165, 1.54) is 12.1 Å². The minimum absolute atomic E-state index is 0.000538. The highest BCUT2D eigenvalue weighted by molar-refractivity contribution is 7.92. The van der Waals surface area contributed by atoms with Gasteiger partial charge in [0.1, 0.15) is 5.82 Å². The van der Waals surface area contributed by atoms with Crippen molar-refractivity contribution in [3.05, 3.63) is 41.3 Å². The molecule has 8 heteroatoms. The smallest absolute Gasteiger partial charge is 0.263 e. The van der Waals surface area contributed by atoms with E-state index >= 15 is 0 Å². The molecule has 1 aliphatic heterocycles. The van der Waals surface area contributed by atoms with E-state index in [2.05, 4.69) is 20.2 Å². The highest BCUT2D eigenvalue weighted by Gasteiger charge is 2.21. The highest BCUT2D eigenvalue weighted by Crippen LogP contribution is 2.22. The largest absolute Gasteiger partial charge is 0.312 e. The summed E-state index contributed by atoms with van der Waals surface area (Å²) in [6, 6.07) is 4.65. The van der Waals surface area contributed by atoms with Crippen LogP contribution in [0.3, 0.4) is 0 Å². The van der Waals surface area contributed by atoms with Gasteiger partial charge in [-0.1, -0.05) is 0 Å². The Labute approximate surface area is 115 Å². The standard InChI is InChI=1S/C12H13FN4O2S/c13-8-1-3-9(4-2-8)20(18,19)17-12-10-7-14-6-5-11(10)15-16-12/h1-4,14H,5-7H2,(H2,15,16,17). The minimum Gasteiger partial charge on any atom is -0.312 e. The van der Waals surface area contributed by atoms with Crippen LogP contribution in [0, 0.1) is 5.82 Å². The van der Waals surface area contributed by atoms with Gasteiger partial charge in [-0.3, -0.25) is 9.82 Å². The van der Waals surface area contributed by atoms with Crippen LogP contribution in [0.15, 0.2) is 29.2 Å². The lowest BCUT2D eigenvalue weighted by Gasteiger charge is -2.13. The van der Waals surface area contributed by atoms with Crippen molar-refractivity contribution in [3.63, 3.8) is 0 Å². The number of H-pyrrole nitrogens is 1. The Balaban J connectivity index is 1.90. The molecule has 0 aliphatic carbocycles.